The highest BCUT2D eigenvalue weighted by Gasteiger charge is 2.50. The molecule has 4 heteroatoms. The standard InChI is InChI=1S/C13H13NO3/c1-13(12(15)16,10-6-7-10)17-11-5-3-2-4-9(11)8-14/h2-5,10H,6-7H2,1H3,(H,15,16). The van der Waals surface area contributed by atoms with Gasteiger partial charge >= 0.3 is 5.97 Å². The molecule has 1 saturated carbocycles. The van der Waals surface area contributed by atoms with E-state index in [0.717, 1.165) is 12.8 Å². The van der Waals surface area contributed by atoms with E-state index in [-0.39, 0.29) is 5.92 Å². The Morgan fingerprint density at radius 2 is 2.18 bits per heavy atom. The molecule has 1 aromatic carbocycles. The maximum absolute atomic E-state index is 11.3. The van der Waals surface area contributed by atoms with Gasteiger partial charge in [0.25, 0.3) is 0 Å². The number of carbonyl (C=O) groups is 1. The van der Waals surface area contributed by atoms with E-state index in [1.165, 1.54) is 0 Å². The first kappa shape index (κ1) is 11.5. The van der Waals surface area contributed by atoms with Crippen LogP contribution in [0.1, 0.15) is 25.3 Å². The first-order valence-electron chi connectivity index (χ1n) is 5.49. The van der Waals surface area contributed by atoms with Crippen LogP contribution in [0.25, 0.3) is 0 Å². The molecule has 1 aliphatic rings. The van der Waals surface area contributed by atoms with Gasteiger partial charge in [-0.25, -0.2) is 4.79 Å². The molecular weight excluding hydrogens is 218 g/mol. The number of carboxylic acid groups (broad SMARTS) is 1. The van der Waals surface area contributed by atoms with Gasteiger partial charge in [-0.3, -0.25) is 0 Å². The van der Waals surface area contributed by atoms with E-state index in [1.807, 2.05) is 6.07 Å². The van der Waals surface area contributed by atoms with Crippen molar-refractivity contribution in [3.63, 3.8) is 0 Å². The SMILES string of the molecule is CC(Oc1ccccc1C#N)(C(=O)O)C1CC1. The van der Waals surface area contributed by atoms with Crippen molar-refractivity contribution in [1.82, 2.24) is 0 Å². The number of rotatable bonds is 4. The summed E-state index contributed by atoms with van der Waals surface area (Å²) >= 11 is 0. The summed E-state index contributed by atoms with van der Waals surface area (Å²) in [6, 6.07) is 8.69. The minimum Gasteiger partial charge on any atom is -0.478 e. The Kier molecular flexibility index (Phi) is 2.76. The molecule has 4 nitrogen and oxygen atoms in total. The molecule has 1 unspecified atom stereocenters. The molecule has 1 aromatic rings. The average molecular weight is 231 g/mol. The Labute approximate surface area is 99.4 Å². The molecule has 0 spiro atoms. The van der Waals surface area contributed by atoms with Crippen molar-refractivity contribution >= 4 is 5.97 Å². The van der Waals surface area contributed by atoms with Crippen molar-refractivity contribution in [2.24, 2.45) is 5.92 Å². The van der Waals surface area contributed by atoms with E-state index >= 15 is 0 Å². The second-order valence-corrected chi connectivity index (χ2v) is 4.40. The van der Waals surface area contributed by atoms with Crippen LogP contribution < -0.4 is 4.74 Å². The maximum atomic E-state index is 11.3. The Bertz CT molecular complexity index is 488. The van der Waals surface area contributed by atoms with Gasteiger partial charge in [0.05, 0.1) is 5.56 Å². The monoisotopic (exact) mass is 231 g/mol. The summed E-state index contributed by atoms with van der Waals surface area (Å²) in [5.41, 5.74) is -0.868. The summed E-state index contributed by atoms with van der Waals surface area (Å²) in [5, 5.41) is 18.2. The maximum Gasteiger partial charge on any atom is 0.348 e. The minimum absolute atomic E-state index is 0.0340. The fourth-order valence-corrected chi connectivity index (χ4v) is 1.81. The van der Waals surface area contributed by atoms with Crippen LogP contribution in [0, 0.1) is 17.2 Å². The lowest BCUT2D eigenvalue weighted by Gasteiger charge is -2.26. The molecule has 0 amide bonds. The Hall–Kier alpha value is -2.02. The van der Waals surface area contributed by atoms with Crippen LogP contribution in [-0.2, 0) is 4.79 Å². The zero-order valence-electron chi connectivity index (χ0n) is 9.51. The first-order chi connectivity index (χ1) is 8.08. The molecule has 1 aliphatic carbocycles. The fraction of sp³-hybridized carbons (Fsp3) is 0.385. The van der Waals surface area contributed by atoms with Crippen molar-refractivity contribution in [3.05, 3.63) is 29.8 Å². The van der Waals surface area contributed by atoms with E-state index in [4.69, 9.17) is 10.00 Å². The van der Waals surface area contributed by atoms with Crippen molar-refractivity contribution < 1.29 is 14.6 Å². The molecule has 0 aliphatic heterocycles. The molecule has 1 fully saturated rings. The van der Waals surface area contributed by atoms with Crippen LogP contribution in [0.3, 0.4) is 0 Å². The number of ether oxygens (including phenoxy) is 1. The largest absolute Gasteiger partial charge is 0.478 e. The summed E-state index contributed by atoms with van der Waals surface area (Å²) in [5.74, 6) is -0.605. The lowest BCUT2D eigenvalue weighted by Crippen LogP contribution is -2.43. The van der Waals surface area contributed by atoms with Gasteiger partial charge in [-0.1, -0.05) is 12.1 Å². The van der Waals surface area contributed by atoms with E-state index in [2.05, 4.69) is 0 Å². The van der Waals surface area contributed by atoms with Gasteiger partial charge in [-0.05, 0) is 31.9 Å². The molecule has 0 saturated heterocycles. The van der Waals surface area contributed by atoms with Crippen LogP contribution in [0.2, 0.25) is 0 Å². The van der Waals surface area contributed by atoms with Crippen LogP contribution in [0.5, 0.6) is 5.75 Å². The Morgan fingerprint density at radius 1 is 1.53 bits per heavy atom. The number of benzene rings is 1. The third kappa shape index (κ3) is 2.09. The number of carboxylic acids is 1. The second kappa shape index (κ2) is 4.10. The molecule has 2 rings (SSSR count). The average Bonchev–Trinajstić information content (AvgIpc) is 3.13. The number of hydrogen-bond donors (Lipinski definition) is 1. The summed E-state index contributed by atoms with van der Waals surface area (Å²) in [4.78, 5) is 11.3. The van der Waals surface area contributed by atoms with Crippen LogP contribution in [0.15, 0.2) is 24.3 Å². The van der Waals surface area contributed by atoms with Crippen LogP contribution in [0.4, 0.5) is 0 Å². The van der Waals surface area contributed by atoms with Gasteiger partial charge in [0.15, 0.2) is 0 Å². The number of nitriles is 1. The molecule has 0 bridgehead atoms. The molecule has 88 valence electrons. The normalized spacial score (nSPS) is 17.9. The highest BCUT2D eigenvalue weighted by atomic mass is 16.5. The Balaban J connectivity index is 2.30. The molecule has 17 heavy (non-hydrogen) atoms. The van der Waals surface area contributed by atoms with Crippen molar-refractivity contribution in [1.29, 1.82) is 5.26 Å². The number of hydrogen-bond acceptors (Lipinski definition) is 3. The fourth-order valence-electron chi connectivity index (χ4n) is 1.81. The third-order valence-corrected chi connectivity index (χ3v) is 3.11. The first-order valence-corrected chi connectivity index (χ1v) is 5.49. The van der Waals surface area contributed by atoms with E-state index < -0.39 is 11.6 Å². The molecular formula is C13H13NO3. The summed E-state index contributed by atoms with van der Waals surface area (Å²) in [6.07, 6.45) is 1.72. The van der Waals surface area contributed by atoms with Crippen LogP contribution in [-0.4, -0.2) is 16.7 Å². The lowest BCUT2D eigenvalue weighted by atomic mass is 10.0. The van der Waals surface area contributed by atoms with Crippen molar-refractivity contribution in [2.45, 2.75) is 25.4 Å². The molecule has 1 atom stereocenters. The van der Waals surface area contributed by atoms with Gasteiger partial charge in [0, 0.05) is 5.92 Å². The summed E-state index contributed by atoms with van der Waals surface area (Å²) in [6.45, 7) is 1.57. The highest BCUT2D eigenvalue weighted by Crippen LogP contribution is 2.42. The third-order valence-electron chi connectivity index (χ3n) is 3.11. The summed E-state index contributed by atoms with van der Waals surface area (Å²) in [7, 11) is 0. The Morgan fingerprint density at radius 3 is 2.71 bits per heavy atom. The molecule has 0 heterocycles. The lowest BCUT2D eigenvalue weighted by molar-refractivity contribution is -0.155. The summed E-state index contributed by atoms with van der Waals surface area (Å²) < 4.78 is 5.59. The molecule has 0 aromatic heterocycles. The van der Waals surface area contributed by atoms with Gasteiger partial charge in [0.1, 0.15) is 11.8 Å². The molecule has 0 radical (unpaired) electrons. The number of nitrogens with zero attached hydrogens (tertiary/aromatic N) is 1. The smallest absolute Gasteiger partial charge is 0.348 e. The minimum atomic E-state index is -1.23. The topological polar surface area (TPSA) is 70.3 Å². The number of aliphatic carboxylic acids is 1. The van der Waals surface area contributed by atoms with E-state index in [1.54, 1.807) is 31.2 Å². The van der Waals surface area contributed by atoms with E-state index in [0.29, 0.717) is 11.3 Å². The van der Waals surface area contributed by atoms with Crippen LogP contribution >= 0.6 is 0 Å². The van der Waals surface area contributed by atoms with Gasteiger partial charge in [0.2, 0.25) is 5.60 Å². The van der Waals surface area contributed by atoms with Gasteiger partial charge < -0.3 is 9.84 Å². The molecule has 1 N–H and O–H groups in total. The second-order valence-electron chi connectivity index (χ2n) is 4.40. The number of para-hydroxylation sites is 1. The highest BCUT2D eigenvalue weighted by molar-refractivity contribution is 5.78. The van der Waals surface area contributed by atoms with Gasteiger partial charge in [-0.15, -0.1) is 0 Å². The predicted molar refractivity (Wildman–Crippen MR) is 60.5 cm³/mol. The quantitative estimate of drug-likeness (QED) is 0.862. The van der Waals surface area contributed by atoms with E-state index in [9.17, 15) is 9.90 Å². The zero-order chi connectivity index (χ0) is 12.5. The van der Waals surface area contributed by atoms with Crippen molar-refractivity contribution in [3.8, 4) is 11.8 Å². The zero-order valence-corrected chi connectivity index (χ0v) is 9.51. The predicted octanol–water partition coefficient (Wildman–Crippen LogP) is 2.19. The van der Waals surface area contributed by atoms with Crippen molar-refractivity contribution in [2.75, 3.05) is 0 Å². The van der Waals surface area contributed by atoms with Gasteiger partial charge in [-0.2, -0.15) is 5.26 Å².